The highest BCUT2D eigenvalue weighted by atomic mass is 19.1. The van der Waals surface area contributed by atoms with Gasteiger partial charge in [-0.3, -0.25) is 0 Å². The first-order valence-corrected chi connectivity index (χ1v) is 10.5. The van der Waals surface area contributed by atoms with Gasteiger partial charge in [-0.2, -0.15) is 0 Å². The van der Waals surface area contributed by atoms with Gasteiger partial charge in [0, 0.05) is 23.3 Å². The third-order valence-corrected chi connectivity index (χ3v) is 4.81. The molecule has 170 valence electrons. The molecule has 0 atom stereocenters. The monoisotopic (exact) mass is 454 g/mol. The second-order valence-corrected chi connectivity index (χ2v) is 7.12. The smallest absolute Gasteiger partial charge is 0.335 e. The maximum absolute atomic E-state index is 14.7. The van der Waals surface area contributed by atoms with E-state index in [1.54, 1.807) is 54.6 Å². The Kier molecular flexibility index (Phi) is 8.47. The van der Waals surface area contributed by atoms with Crippen molar-refractivity contribution in [3.8, 4) is 5.75 Å². The van der Waals surface area contributed by atoms with E-state index < -0.39 is 11.9 Å². The van der Waals surface area contributed by atoms with Crippen molar-refractivity contribution in [3.63, 3.8) is 0 Å². The van der Waals surface area contributed by atoms with Crippen LogP contribution in [0, 0.1) is 5.82 Å². The van der Waals surface area contributed by atoms with Gasteiger partial charge in [0.15, 0.2) is 0 Å². The minimum absolute atomic E-state index is 0.0984. The van der Waals surface area contributed by atoms with Crippen molar-refractivity contribution in [2.75, 3.05) is 0 Å². The predicted molar refractivity (Wildman–Crippen MR) is 133 cm³/mol. The topological polar surface area (TPSA) is 52.6 Å². The van der Waals surface area contributed by atoms with Crippen molar-refractivity contribution in [3.05, 3.63) is 126 Å². The van der Waals surface area contributed by atoms with Gasteiger partial charge in [0.2, 0.25) is 0 Å². The number of hydrogen-bond acceptors (Lipinski definition) is 4. The second-order valence-electron chi connectivity index (χ2n) is 7.12. The van der Waals surface area contributed by atoms with E-state index in [1.165, 1.54) is 6.07 Å². The van der Waals surface area contributed by atoms with E-state index >= 15 is 0 Å². The average Bonchev–Trinajstić information content (AvgIpc) is 2.86. The number of esters is 2. The van der Waals surface area contributed by atoms with E-state index in [0.717, 1.165) is 23.3 Å². The fourth-order valence-electron chi connectivity index (χ4n) is 3.05. The zero-order valence-electron chi connectivity index (χ0n) is 18.4. The van der Waals surface area contributed by atoms with Gasteiger partial charge in [0.1, 0.15) is 18.2 Å². The van der Waals surface area contributed by atoms with Crippen molar-refractivity contribution >= 4 is 36.2 Å². The molecule has 0 aromatic heterocycles. The highest BCUT2D eigenvalue weighted by molar-refractivity contribution is 5.85. The molecule has 0 bridgehead atoms. The summed E-state index contributed by atoms with van der Waals surface area (Å²) in [5.41, 5.74) is 3.35. The lowest BCUT2D eigenvalue weighted by molar-refractivity contribution is -0.139. The number of carbonyl (C=O) groups is 2. The molecule has 0 aliphatic heterocycles. The number of halogens is 1. The number of ether oxygens (including phenoxy) is 2. The van der Waals surface area contributed by atoms with Crippen LogP contribution in [0.25, 0.3) is 24.3 Å². The molecule has 3 rings (SSSR count). The minimum Gasteiger partial charge on any atom is -0.458 e. The maximum Gasteiger partial charge on any atom is 0.335 e. The zero-order valence-corrected chi connectivity index (χ0v) is 18.4. The number of para-hydroxylation sites is 1. The normalized spacial score (nSPS) is 10.9. The zero-order chi connectivity index (χ0) is 24.3. The first-order valence-electron chi connectivity index (χ1n) is 10.5. The molecule has 0 heterocycles. The minimum atomic E-state index is -0.552. The summed E-state index contributed by atoms with van der Waals surface area (Å²) < 4.78 is 25.1. The molecule has 5 heteroatoms. The van der Waals surface area contributed by atoms with E-state index in [4.69, 9.17) is 9.47 Å². The van der Waals surface area contributed by atoms with E-state index in [-0.39, 0.29) is 12.4 Å². The van der Waals surface area contributed by atoms with Gasteiger partial charge < -0.3 is 9.47 Å². The molecule has 0 saturated carbocycles. The summed E-state index contributed by atoms with van der Waals surface area (Å²) in [5.74, 6) is -1.06. The molecule has 0 unspecified atom stereocenters. The van der Waals surface area contributed by atoms with Gasteiger partial charge in [0.25, 0.3) is 0 Å². The fraction of sp³-hybridized carbons (Fsp3) is 0.0345. The van der Waals surface area contributed by atoms with E-state index in [9.17, 15) is 14.0 Å². The van der Waals surface area contributed by atoms with Crippen LogP contribution < -0.4 is 4.74 Å². The summed E-state index contributed by atoms with van der Waals surface area (Å²) in [5, 5.41) is 0. The molecular weight excluding hydrogens is 431 g/mol. The van der Waals surface area contributed by atoms with Gasteiger partial charge in [-0.15, -0.1) is 0 Å². The average molecular weight is 454 g/mol. The summed E-state index contributed by atoms with van der Waals surface area (Å²) in [4.78, 5) is 22.8. The number of rotatable bonds is 9. The second kappa shape index (κ2) is 11.9. The van der Waals surface area contributed by atoms with Crippen LogP contribution in [0.5, 0.6) is 5.75 Å². The standard InChI is InChI=1S/C29H23FO4/c1-3-28(31)33-20-25-11-6-5-9-22(25)17-18-23-15-13-21(19-26(23)30)14-16-24-10-7-8-12-27(24)34-29(32)4-2/h3-19H,1-2,20H2. The van der Waals surface area contributed by atoms with Crippen molar-refractivity contribution in [1.29, 1.82) is 0 Å². The van der Waals surface area contributed by atoms with Crippen LogP contribution in [0.4, 0.5) is 4.39 Å². The van der Waals surface area contributed by atoms with Crippen LogP contribution in [0.3, 0.4) is 0 Å². The van der Waals surface area contributed by atoms with Crippen LogP contribution in [0.1, 0.15) is 27.8 Å². The Labute approximate surface area is 198 Å². The first-order chi connectivity index (χ1) is 16.5. The van der Waals surface area contributed by atoms with Crippen LogP contribution in [-0.4, -0.2) is 11.9 Å². The molecule has 0 radical (unpaired) electrons. The Balaban J connectivity index is 1.75. The van der Waals surface area contributed by atoms with E-state index in [0.29, 0.717) is 22.4 Å². The molecular formula is C29H23FO4. The highest BCUT2D eigenvalue weighted by Crippen LogP contribution is 2.22. The van der Waals surface area contributed by atoms with Gasteiger partial charge in [0.05, 0.1) is 0 Å². The third kappa shape index (κ3) is 6.74. The third-order valence-electron chi connectivity index (χ3n) is 4.81. The Hall–Kier alpha value is -4.51. The quantitative estimate of drug-likeness (QED) is 0.161. The molecule has 0 fully saturated rings. The lowest BCUT2D eigenvalue weighted by Crippen LogP contribution is -2.03. The van der Waals surface area contributed by atoms with Gasteiger partial charge in [-0.1, -0.05) is 92.1 Å². The molecule has 0 N–H and O–H groups in total. The van der Waals surface area contributed by atoms with Gasteiger partial charge >= 0.3 is 11.9 Å². The Morgan fingerprint density at radius 1 is 0.765 bits per heavy atom. The molecule has 4 nitrogen and oxygen atoms in total. The molecule has 3 aromatic rings. The molecule has 3 aromatic carbocycles. The highest BCUT2D eigenvalue weighted by Gasteiger charge is 2.06. The van der Waals surface area contributed by atoms with Crippen molar-refractivity contribution in [1.82, 2.24) is 0 Å². The first kappa shape index (κ1) is 24.1. The summed E-state index contributed by atoms with van der Waals surface area (Å²) >= 11 is 0. The lowest BCUT2D eigenvalue weighted by atomic mass is 10.0. The van der Waals surface area contributed by atoms with Gasteiger partial charge in [-0.25, -0.2) is 14.0 Å². The molecule has 0 aliphatic rings. The number of benzene rings is 3. The number of hydrogen-bond donors (Lipinski definition) is 0. The van der Waals surface area contributed by atoms with Crippen LogP contribution in [-0.2, 0) is 20.9 Å². The Morgan fingerprint density at radius 3 is 2.15 bits per heavy atom. The Bertz CT molecular complexity index is 1270. The Morgan fingerprint density at radius 2 is 1.41 bits per heavy atom. The molecule has 0 aliphatic carbocycles. The molecule has 0 amide bonds. The van der Waals surface area contributed by atoms with Crippen molar-refractivity contribution < 1.29 is 23.5 Å². The van der Waals surface area contributed by atoms with Crippen LogP contribution in [0.2, 0.25) is 0 Å². The molecule has 0 saturated heterocycles. The number of carbonyl (C=O) groups excluding carboxylic acids is 2. The van der Waals surface area contributed by atoms with Crippen molar-refractivity contribution in [2.45, 2.75) is 6.61 Å². The largest absolute Gasteiger partial charge is 0.458 e. The summed E-state index contributed by atoms with van der Waals surface area (Å²) in [6.45, 7) is 6.87. The summed E-state index contributed by atoms with van der Waals surface area (Å²) in [7, 11) is 0. The van der Waals surface area contributed by atoms with Crippen LogP contribution in [0.15, 0.2) is 92.0 Å². The maximum atomic E-state index is 14.7. The SMILES string of the molecule is C=CC(=O)OCc1ccccc1C=Cc1ccc(C=Cc2ccccc2OC(=O)C=C)cc1F. The summed E-state index contributed by atoms with van der Waals surface area (Å²) in [6, 6.07) is 19.3. The van der Waals surface area contributed by atoms with Gasteiger partial charge in [-0.05, 0) is 28.8 Å². The molecule has 0 spiro atoms. The van der Waals surface area contributed by atoms with E-state index in [1.807, 2.05) is 30.3 Å². The molecule has 34 heavy (non-hydrogen) atoms. The van der Waals surface area contributed by atoms with E-state index in [2.05, 4.69) is 13.2 Å². The lowest BCUT2D eigenvalue weighted by Gasteiger charge is -2.06. The van der Waals surface area contributed by atoms with Crippen molar-refractivity contribution in [2.24, 2.45) is 0 Å². The predicted octanol–water partition coefficient (Wildman–Crippen LogP) is 6.49. The van der Waals surface area contributed by atoms with Crippen LogP contribution >= 0.6 is 0 Å². The fourth-order valence-corrected chi connectivity index (χ4v) is 3.05. The summed E-state index contributed by atoms with van der Waals surface area (Å²) in [6.07, 6.45) is 9.12.